The van der Waals surface area contributed by atoms with Crippen LogP contribution in [0.5, 0.6) is 0 Å². The molecule has 1 aromatic heterocycles. The van der Waals surface area contributed by atoms with E-state index in [1.165, 1.54) is 0 Å². The van der Waals surface area contributed by atoms with Crippen LogP contribution in [-0.2, 0) is 9.53 Å². The largest absolute Gasteiger partial charge is 0.422 e. The molecule has 0 N–H and O–H groups in total. The number of carbonyl (C=O) groups is 1. The van der Waals surface area contributed by atoms with E-state index in [9.17, 15) is 4.79 Å². The Hall–Kier alpha value is -2.68. The number of pyridine rings is 1. The lowest BCUT2D eigenvalue weighted by Gasteiger charge is -1.99. The van der Waals surface area contributed by atoms with Gasteiger partial charge in [-0.3, -0.25) is 4.98 Å². The summed E-state index contributed by atoms with van der Waals surface area (Å²) in [6.07, 6.45) is 5.15. The number of rotatable bonds is 2. The van der Waals surface area contributed by atoms with Crippen molar-refractivity contribution in [2.24, 2.45) is 0 Å². The second-order valence-corrected chi connectivity index (χ2v) is 4.12. The van der Waals surface area contributed by atoms with Gasteiger partial charge >= 0.3 is 5.97 Å². The third-order valence-electron chi connectivity index (χ3n) is 2.77. The van der Waals surface area contributed by atoms with Gasteiger partial charge in [-0.15, -0.1) is 0 Å². The van der Waals surface area contributed by atoms with Gasteiger partial charge in [0.1, 0.15) is 5.76 Å². The highest BCUT2D eigenvalue weighted by molar-refractivity contribution is 6.04. The zero-order valence-corrected chi connectivity index (χ0v) is 10.1. The molecule has 0 radical (unpaired) electrons. The molecule has 3 heteroatoms. The Bertz CT molecular complexity index is 658. The van der Waals surface area contributed by atoms with Crippen LogP contribution < -0.4 is 0 Å². The Labute approximate surface area is 110 Å². The second kappa shape index (κ2) is 4.90. The lowest BCUT2D eigenvalue weighted by atomic mass is 10.1. The molecule has 0 saturated carbocycles. The summed E-state index contributed by atoms with van der Waals surface area (Å²) in [6, 6.07) is 15.1. The summed E-state index contributed by atoms with van der Waals surface area (Å²) in [5.74, 6) is 0.234. The van der Waals surface area contributed by atoms with Crippen LogP contribution >= 0.6 is 0 Å². The number of ether oxygens (including phenoxy) is 1. The quantitative estimate of drug-likeness (QED) is 0.606. The van der Waals surface area contributed by atoms with Crippen molar-refractivity contribution >= 4 is 17.8 Å². The van der Waals surface area contributed by atoms with Crippen molar-refractivity contribution in [3.63, 3.8) is 0 Å². The van der Waals surface area contributed by atoms with Crippen molar-refractivity contribution in [3.05, 3.63) is 77.6 Å². The number of cyclic esters (lactones) is 1. The highest BCUT2D eigenvalue weighted by atomic mass is 16.5. The molecule has 0 unspecified atom stereocenters. The van der Waals surface area contributed by atoms with E-state index in [0.29, 0.717) is 11.3 Å². The fraction of sp³-hybridized carbons (Fsp3) is 0. The van der Waals surface area contributed by atoms with Crippen molar-refractivity contribution in [1.29, 1.82) is 0 Å². The molecular weight excluding hydrogens is 238 g/mol. The van der Waals surface area contributed by atoms with Crippen molar-refractivity contribution in [2.45, 2.75) is 0 Å². The monoisotopic (exact) mass is 249 g/mol. The second-order valence-electron chi connectivity index (χ2n) is 4.12. The molecule has 0 fully saturated rings. The predicted molar refractivity (Wildman–Crippen MR) is 72.7 cm³/mol. The lowest BCUT2D eigenvalue weighted by molar-refractivity contribution is -0.130. The molecular formula is C16H11NO2. The van der Waals surface area contributed by atoms with E-state index in [1.54, 1.807) is 18.3 Å². The minimum atomic E-state index is -0.343. The third-order valence-corrected chi connectivity index (χ3v) is 2.77. The summed E-state index contributed by atoms with van der Waals surface area (Å²) in [6.45, 7) is 0. The average molecular weight is 249 g/mol. The van der Waals surface area contributed by atoms with Crippen molar-refractivity contribution < 1.29 is 9.53 Å². The van der Waals surface area contributed by atoms with E-state index in [2.05, 4.69) is 4.98 Å². The Morgan fingerprint density at radius 1 is 1.00 bits per heavy atom. The Morgan fingerprint density at radius 3 is 2.53 bits per heavy atom. The Kier molecular flexibility index (Phi) is 2.94. The number of aromatic nitrogens is 1. The van der Waals surface area contributed by atoms with Crippen LogP contribution in [0.3, 0.4) is 0 Å². The van der Waals surface area contributed by atoms with Gasteiger partial charge in [-0.1, -0.05) is 36.4 Å². The molecule has 0 amide bonds. The minimum Gasteiger partial charge on any atom is -0.422 e. The van der Waals surface area contributed by atoms with E-state index in [4.69, 9.17) is 4.74 Å². The number of nitrogens with zero attached hydrogens (tertiary/aromatic N) is 1. The SMILES string of the molecule is O=C1OC(c2ccccc2)=C/C1=C\c1ccccn1. The summed E-state index contributed by atoms with van der Waals surface area (Å²) < 4.78 is 5.26. The van der Waals surface area contributed by atoms with Gasteiger partial charge in [0.15, 0.2) is 0 Å². The highest BCUT2D eigenvalue weighted by Crippen LogP contribution is 2.26. The molecule has 0 aliphatic carbocycles. The van der Waals surface area contributed by atoms with Gasteiger partial charge in [0.05, 0.1) is 11.3 Å². The molecule has 0 bridgehead atoms. The van der Waals surface area contributed by atoms with Gasteiger partial charge in [-0.25, -0.2) is 4.79 Å². The number of hydrogen-bond donors (Lipinski definition) is 0. The van der Waals surface area contributed by atoms with Crippen LogP contribution in [0.25, 0.3) is 11.8 Å². The maximum Gasteiger partial charge on any atom is 0.343 e. The van der Waals surface area contributed by atoms with Crippen molar-refractivity contribution in [3.8, 4) is 0 Å². The summed E-state index contributed by atoms with van der Waals surface area (Å²) in [7, 11) is 0. The lowest BCUT2D eigenvalue weighted by Crippen LogP contribution is -1.97. The van der Waals surface area contributed by atoms with Gasteiger partial charge in [-0.2, -0.15) is 0 Å². The zero-order valence-electron chi connectivity index (χ0n) is 10.1. The van der Waals surface area contributed by atoms with E-state index in [0.717, 1.165) is 11.3 Å². The van der Waals surface area contributed by atoms with Crippen LogP contribution in [0.4, 0.5) is 0 Å². The summed E-state index contributed by atoms with van der Waals surface area (Å²) in [4.78, 5) is 16.0. The molecule has 1 aromatic carbocycles. The topological polar surface area (TPSA) is 39.2 Å². The fourth-order valence-corrected chi connectivity index (χ4v) is 1.85. The van der Waals surface area contributed by atoms with Crippen LogP contribution in [0, 0.1) is 0 Å². The summed E-state index contributed by atoms with van der Waals surface area (Å²) in [5.41, 5.74) is 2.14. The maximum atomic E-state index is 11.8. The van der Waals surface area contributed by atoms with E-state index < -0.39 is 0 Å². The normalized spacial score (nSPS) is 16.3. The minimum absolute atomic E-state index is 0.343. The predicted octanol–water partition coefficient (Wildman–Crippen LogP) is 3.06. The number of benzene rings is 1. The molecule has 3 rings (SSSR count). The van der Waals surface area contributed by atoms with Crippen LogP contribution in [0.15, 0.2) is 66.4 Å². The first-order valence-electron chi connectivity index (χ1n) is 5.95. The Balaban J connectivity index is 1.94. The van der Waals surface area contributed by atoms with E-state index >= 15 is 0 Å². The molecule has 1 aliphatic rings. The van der Waals surface area contributed by atoms with Crippen molar-refractivity contribution in [1.82, 2.24) is 4.98 Å². The number of hydrogen-bond acceptors (Lipinski definition) is 3. The van der Waals surface area contributed by atoms with Crippen LogP contribution in [0.2, 0.25) is 0 Å². The Morgan fingerprint density at radius 2 is 1.79 bits per heavy atom. The first-order valence-corrected chi connectivity index (χ1v) is 5.95. The molecule has 19 heavy (non-hydrogen) atoms. The maximum absolute atomic E-state index is 11.8. The fourth-order valence-electron chi connectivity index (χ4n) is 1.85. The molecule has 3 nitrogen and oxygen atoms in total. The molecule has 0 saturated heterocycles. The van der Waals surface area contributed by atoms with Crippen LogP contribution in [0.1, 0.15) is 11.3 Å². The first kappa shape index (κ1) is 11.4. The van der Waals surface area contributed by atoms with Crippen molar-refractivity contribution in [2.75, 3.05) is 0 Å². The van der Waals surface area contributed by atoms with Gasteiger partial charge in [0, 0.05) is 11.8 Å². The van der Waals surface area contributed by atoms with Crippen LogP contribution in [-0.4, -0.2) is 11.0 Å². The van der Waals surface area contributed by atoms with Gasteiger partial charge in [0.25, 0.3) is 0 Å². The average Bonchev–Trinajstić information content (AvgIpc) is 2.82. The third kappa shape index (κ3) is 2.45. The molecule has 0 atom stereocenters. The standard InChI is InChI=1S/C16H11NO2/c18-16-13(10-14-8-4-5-9-17-14)11-15(19-16)12-6-2-1-3-7-12/h1-11H/b13-10+. The zero-order chi connectivity index (χ0) is 13.1. The highest BCUT2D eigenvalue weighted by Gasteiger charge is 2.21. The number of carbonyl (C=O) groups excluding carboxylic acids is 1. The van der Waals surface area contributed by atoms with Gasteiger partial charge in [0.2, 0.25) is 0 Å². The molecule has 1 aliphatic heterocycles. The molecule has 92 valence electrons. The molecule has 0 spiro atoms. The first-order chi connectivity index (χ1) is 9.33. The summed E-state index contributed by atoms with van der Waals surface area (Å²) >= 11 is 0. The smallest absolute Gasteiger partial charge is 0.343 e. The van der Waals surface area contributed by atoms with E-state index in [1.807, 2.05) is 48.5 Å². The number of esters is 1. The van der Waals surface area contributed by atoms with E-state index in [-0.39, 0.29) is 5.97 Å². The molecule has 2 heterocycles. The summed E-state index contributed by atoms with van der Waals surface area (Å²) in [5, 5.41) is 0. The van der Waals surface area contributed by atoms with Gasteiger partial charge < -0.3 is 4.74 Å². The molecule has 2 aromatic rings. The van der Waals surface area contributed by atoms with Gasteiger partial charge in [-0.05, 0) is 24.3 Å².